The number of aryl methyl sites for hydroxylation is 1. The lowest BCUT2D eigenvalue weighted by Crippen LogP contribution is -2.38. The van der Waals surface area contributed by atoms with Crippen LogP contribution in [0.25, 0.3) is 0 Å². The Kier molecular flexibility index (Phi) is 3.95. The summed E-state index contributed by atoms with van der Waals surface area (Å²) in [6, 6.07) is 13.3. The third kappa shape index (κ3) is 2.80. The van der Waals surface area contributed by atoms with Crippen molar-refractivity contribution in [3.8, 4) is 0 Å². The topological polar surface area (TPSA) is 41.1 Å². The molecule has 0 aromatic heterocycles. The Labute approximate surface area is 129 Å². The SMILES string of the molecule is Cc1cccc(Cl)c1NC(=O)C1NCCc2ccccc21. The third-order valence-electron chi connectivity index (χ3n) is 3.84. The van der Waals surface area contributed by atoms with Gasteiger partial charge >= 0.3 is 0 Å². The van der Waals surface area contributed by atoms with Crippen LogP contribution in [0.5, 0.6) is 0 Å². The Morgan fingerprint density at radius 3 is 2.86 bits per heavy atom. The zero-order valence-electron chi connectivity index (χ0n) is 11.8. The van der Waals surface area contributed by atoms with E-state index < -0.39 is 0 Å². The molecule has 1 unspecified atom stereocenters. The summed E-state index contributed by atoms with van der Waals surface area (Å²) >= 11 is 6.18. The molecular formula is C17H17ClN2O. The molecule has 1 aliphatic rings. The number of nitrogens with one attached hydrogen (secondary N) is 2. The fourth-order valence-electron chi connectivity index (χ4n) is 2.72. The number of carbonyl (C=O) groups is 1. The van der Waals surface area contributed by atoms with E-state index in [-0.39, 0.29) is 11.9 Å². The van der Waals surface area contributed by atoms with Crippen molar-refractivity contribution in [1.82, 2.24) is 5.32 Å². The van der Waals surface area contributed by atoms with Crippen LogP contribution in [0.15, 0.2) is 42.5 Å². The second kappa shape index (κ2) is 5.88. The molecule has 1 atom stereocenters. The van der Waals surface area contributed by atoms with Gasteiger partial charge in [0, 0.05) is 6.54 Å². The van der Waals surface area contributed by atoms with Gasteiger partial charge in [-0.3, -0.25) is 4.79 Å². The maximum atomic E-state index is 12.6. The minimum atomic E-state index is -0.328. The first-order valence-corrected chi connectivity index (χ1v) is 7.42. The summed E-state index contributed by atoms with van der Waals surface area (Å²) in [5, 5.41) is 6.80. The summed E-state index contributed by atoms with van der Waals surface area (Å²) in [7, 11) is 0. The highest BCUT2D eigenvalue weighted by molar-refractivity contribution is 6.34. The van der Waals surface area contributed by atoms with Crippen LogP contribution in [-0.4, -0.2) is 12.5 Å². The van der Waals surface area contributed by atoms with Crippen LogP contribution in [0, 0.1) is 6.92 Å². The zero-order valence-corrected chi connectivity index (χ0v) is 12.6. The van der Waals surface area contributed by atoms with Crippen LogP contribution in [-0.2, 0) is 11.2 Å². The average Bonchev–Trinajstić information content (AvgIpc) is 2.50. The summed E-state index contributed by atoms with van der Waals surface area (Å²) in [6.07, 6.45) is 0.949. The molecule has 21 heavy (non-hydrogen) atoms. The molecule has 1 aliphatic heterocycles. The van der Waals surface area contributed by atoms with E-state index >= 15 is 0 Å². The van der Waals surface area contributed by atoms with Gasteiger partial charge in [0.1, 0.15) is 6.04 Å². The second-order valence-electron chi connectivity index (χ2n) is 5.26. The number of hydrogen-bond acceptors (Lipinski definition) is 2. The number of amides is 1. The van der Waals surface area contributed by atoms with Crippen molar-refractivity contribution in [3.05, 3.63) is 64.2 Å². The lowest BCUT2D eigenvalue weighted by Gasteiger charge is -2.26. The summed E-state index contributed by atoms with van der Waals surface area (Å²) in [5.74, 6) is -0.0710. The van der Waals surface area contributed by atoms with Gasteiger partial charge in [0.05, 0.1) is 10.7 Å². The van der Waals surface area contributed by atoms with Crippen molar-refractivity contribution < 1.29 is 4.79 Å². The van der Waals surface area contributed by atoms with Crippen molar-refractivity contribution in [2.24, 2.45) is 0 Å². The van der Waals surface area contributed by atoms with Gasteiger partial charge in [-0.05, 0) is 36.1 Å². The number of carbonyl (C=O) groups excluding carboxylic acids is 1. The molecule has 108 valence electrons. The van der Waals surface area contributed by atoms with Crippen molar-refractivity contribution >= 4 is 23.2 Å². The monoisotopic (exact) mass is 300 g/mol. The highest BCUT2D eigenvalue weighted by Gasteiger charge is 2.26. The number of anilines is 1. The summed E-state index contributed by atoms with van der Waals surface area (Å²) in [4.78, 5) is 12.6. The predicted molar refractivity (Wildman–Crippen MR) is 85.7 cm³/mol. The van der Waals surface area contributed by atoms with E-state index in [0.29, 0.717) is 10.7 Å². The van der Waals surface area contributed by atoms with E-state index in [2.05, 4.69) is 16.7 Å². The van der Waals surface area contributed by atoms with Crippen LogP contribution in [0.4, 0.5) is 5.69 Å². The van der Waals surface area contributed by atoms with Gasteiger partial charge in [-0.15, -0.1) is 0 Å². The van der Waals surface area contributed by atoms with Crippen molar-refractivity contribution in [3.63, 3.8) is 0 Å². The second-order valence-corrected chi connectivity index (χ2v) is 5.66. The molecule has 0 aliphatic carbocycles. The molecule has 2 aromatic carbocycles. The van der Waals surface area contributed by atoms with E-state index in [4.69, 9.17) is 11.6 Å². The van der Waals surface area contributed by atoms with Gasteiger partial charge in [-0.1, -0.05) is 48.0 Å². The van der Waals surface area contributed by atoms with Gasteiger partial charge < -0.3 is 10.6 Å². The van der Waals surface area contributed by atoms with Gasteiger partial charge in [0.25, 0.3) is 0 Å². The van der Waals surface area contributed by atoms with Crippen molar-refractivity contribution in [2.45, 2.75) is 19.4 Å². The first-order valence-electron chi connectivity index (χ1n) is 7.04. The van der Waals surface area contributed by atoms with E-state index in [1.54, 1.807) is 6.07 Å². The predicted octanol–water partition coefficient (Wildman–Crippen LogP) is 3.47. The molecule has 3 rings (SSSR count). The number of fused-ring (bicyclic) bond motifs is 1. The molecule has 0 bridgehead atoms. The summed E-state index contributed by atoms with van der Waals surface area (Å²) in [5.41, 5.74) is 3.92. The standard InChI is InChI=1S/C17H17ClN2O/c1-11-5-4-8-14(18)15(11)20-17(21)16-13-7-3-2-6-12(13)9-10-19-16/h2-8,16,19H,9-10H2,1H3,(H,20,21). The van der Waals surface area contributed by atoms with Gasteiger partial charge in [-0.25, -0.2) is 0 Å². The number of rotatable bonds is 2. The van der Waals surface area contributed by atoms with Crippen LogP contribution in [0.3, 0.4) is 0 Å². The van der Waals surface area contributed by atoms with Crippen molar-refractivity contribution in [2.75, 3.05) is 11.9 Å². The molecule has 4 heteroatoms. The molecule has 3 nitrogen and oxygen atoms in total. The Morgan fingerprint density at radius 2 is 2.05 bits per heavy atom. The summed E-state index contributed by atoms with van der Waals surface area (Å²) < 4.78 is 0. The molecular weight excluding hydrogens is 284 g/mol. The number of halogens is 1. The molecule has 1 amide bonds. The minimum absolute atomic E-state index is 0.0710. The lowest BCUT2D eigenvalue weighted by atomic mass is 9.94. The number of hydrogen-bond donors (Lipinski definition) is 2. The molecule has 1 heterocycles. The molecule has 2 aromatic rings. The van der Waals surface area contributed by atoms with Crippen molar-refractivity contribution in [1.29, 1.82) is 0 Å². The van der Waals surface area contributed by atoms with Crippen LogP contribution < -0.4 is 10.6 Å². The first-order chi connectivity index (χ1) is 10.2. The average molecular weight is 301 g/mol. The van der Waals surface area contributed by atoms with E-state index in [0.717, 1.165) is 24.1 Å². The van der Waals surface area contributed by atoms with E-state index in [9.17, 15) is 4.79 Å². The highest BCUT2D eigenvalue weighted by Crippen LogP contribution is 2.28. The molecule has 0 fully saturated rings. The maximum absolute atomic E-state index is 12.6. The third-order valence-corrected chi connectivity index (χ3v) is 4.16. The van der Waals surface area contributed by atoms with Crippen LogP contribution in [0.2, 0.25) is 5.02 Å². The number of para-hydroxylation sites is 1. The highest BCUT2D eigenvalue weighted by atomic mass is 35.5. The fraction of sp³-hybridized carbons (Fsp3) is 0.235. The smallest absolute Gasteiger partial charge is 0.246 e. The largest absolute Gasteiger partial charge is 0.323 e. The maximum Gasteiger partial charge on any atom is 0.246 e. The quantitative estimate of drug-likeness (QED) is 0.891. The summed E-state index contributed by atoms with van der Waals surface area (Å²) in [6.45, 7) is 2.74. The van der Waals surface area contributed by atoms with Crippen LogP contribution in [0.1, 0.15) is 22.7 Å². The molecule has 2 N–H and O–H groups in total. The molecule has 0 saturated carbocycles. The minimum Gasteiger partial charge on any atom is -0.323 e. The van der Waals surface area contributed by atoms with Gasteiger partial charge in [-0.2, -0.15) is 0 Å². The Bertz CT molecular complexity index is 664. The van der Waals surface area contributed by atoms with Crippen LogP contribution >= 0.6 is 11.6 Å². The van der Waals surface area contributed by atoms with E-state index in [1.165, 1.54) is 5.56 Å². The molecule has 0 spiro atoms. The Hall–Kier alpha value is -1.84. The molecule has 0 radical (unpaired) electrons. The first kappa shape index (κ1) is 14.1. The Balaban J connectivity index is 1.87. The van der Waals surface area contributed by atoms with Gasteiger partial charge in [0.2, 0.25) is 5.91 Å². The van der Waals surface area contributed by atoms with E-state index in [1.807, 2.05) is 37.3 Å². The fourth-order valence-corrected chi connectivity index (χ4v) is 2.99. The van der Waals surface area contributed by atoms with Gasteiger partial charge in [0.15, 0.2) is 0 Å². The number of benzene rings is 2. The normalized spacial score (nSPS) is 17.1. The molecule has 0 saturated heterocycles. The zero-order chi connectivity index (χ0) is 14.8. The Morgan fingerprint density at radius 1 is 1.24 bits per heavy atom. The lowest BCUT2D eigenvalue weighted by molar-refractivity contribution is -0.118.